The molecule has 0 aliphatic heterocycles. The van der Waals surface area contributed by atoms with Crippen LogP contribution in [0.4, 0.5) is 0 Å². The third-order valence-corrected chi connectivity index (χ3v) is 7.02. The van der Waals surface area contributed by atoms with Gasteiger partial charge in [0.2, 0.25) is 0 Å². The number of esters is 6. The quantitative estimate of drug-likeness (QED) is 0.0859. The average Bonchev–Trinajstić information content (AvgIpc) is 2.97. The van der Waals surface area contributed by atoms with Crippen molar-refractivity contribution in [2.45, 2.75) is 118 Å². The Bertz CT molecular complexity index is 1090. The fourth-order valence-corrected chi connectivity index (χ4v) is 4.25. The predicted molar refractivity (Wildman–Crippen MR) is 170 cm³/mol. The third-order valence-electron chi connectivity index (χ3n) is 7.02. The van der Waals surface area contributed by atoms with E-state index in [4.69, 9.17) is 28.4 Å². The van der Waals surface area contributed by atoms with E-state index < -0.39 is 115 Å². The minimum absolute atomic E-state index is 0.315. The van der Waals surface area contributed by atoms with E-state index in [0.717, 1.165) is 13.8 Å². The number of likely N-dealkylation sites (N-methyl/N-ethyl adjacent to an activating group) is 1. The van der Waals surface area contributed by atoms with Gasteiger partial charge >= 0.3 is 35.8 Å². The molecule has 0 aromatic carbocycles. The van der Waals surface area contributed by atoms with Crippen molar-refractivity contribution >= 4 is 42.5 Å². The van der Waals surface area contributed by atoms with Crippen molar-refractivity contribution < 1.29 is 67.4 Å². The second kappa shape index (κ2) is 21.4. The summed E-state index contributed by atoms with van der Waals surface area (Å²) in [5.74, 6) is -7.89. The van der Waals surface area contributed by atoms with Gasteiger partial charge in [-0.05, 0) is 37.4 Å². The predicted octanol–water partition coefficient (Wildman–Crippen LogP) is 0.763. The van der Waals surface area contributed by atoms with Gasteiger partial charge in [0.15, 0.2) is 36.6 Å². The van der Waals surface area contributed by atoms with Crippen LogP contribution in [0.5, 0.6) is 0 Å². The van der Waals surface area contributed by atoms with E-state index >= 15 is 0 Å². The molecule has 0 heterocycles. The Morgan fingerprint density at radius 2 is 0.979 bits per heavy atom. The molecule has 0 spiro atoms. The molecule has 0 saturated carbocycles. The Morgan fingerprint density at radius 3 is 1.25 bits per heavy atom. The second-order valence-corrected chi connectivity index (χ2v) is 12.6. The standard InChI is InChI=1S/C32H54N2O14/c1-15(2)23(33-11)29(39)47-21(13-43-31(41)25(37)17(5)6)27(45-19(9)35)28(46-20(10)36)22(14-44-32(42)26(38)18(7)8)48-30(40)24(34-12)16(3)4/h15-18,21-28,34,37-38H,11,13-14H2,1-10,12H3. The van der Waals surface area contributed by atoms with Crippen molar-refractivity contribution in [3.8, 4) is 0 Å². The van der Waals surface area contributed by atoms with Crippen LogP contribution >= 0.6 is 0 Å². The molecule has 0 bridgehead atoms. The summed E-state index contributed by atoms with van der Waals surface area (Å²) >= 11 is 0. The molecule has 0 fully saturated rings. The van der Waals surface area contributed by atoms with E-state index in [9.17, 15) is 39.0 Å². The molecular weight excluding hydrogens is 636 g/mol. The smallest absolute Gasteiger partial charge is 0.335 e. The van der Waals surface area contributed by atoms with Gasteiger partial charge in [0.1, 0.15) is 25.3 Å². The van der Waals surface area contributed by atoms with E-state index in [1.54, 1.807) is 55.4 Å². The highest BCUT2D eigenvalue weighted by Crippen LogP contribution is 2.23. The first kappa shape index (κ1) is 44.4. The molecule has 0 rings (SSSR count). The summed E-state index contributed by atoms with van der Waals surface area (Å²) in [6, 6.07) is -2.05. The molecule has 0 saturated heterocycles. The lowest BCUT2D eigenvalue weighted by atomic mass is 10.0. The number of nitrogens with one attached hydrogen (secondary N) is 1. The number of hydrogen-bond acceptors (Lipinski definition) is 16. The van der Waals surface area contributed by atoms with E-state index in [2.05, 4.69) is 17.0 Å². The molecule has 3 N–H and O–H groups in total. The van der Waals surface area contributed by atoms with Crippen molar-refractivity contribution in [3.05, 3.63) is 0 Å². The second-order valence-electron chi connectivity index (χ2n) is 12.6. The van der Waals surface area contributed by atoms with Gasteiger partial charge in [-0.15, -0.1) is 0 Å². The normalized spacial score (nSPS) is 16.5. The van der Waals surface area contributed by atoms with E-state index in [1.165, 1.54) is 7.05 Å². The molecule has 0 aliphatic carbocycles. The molecule has 0 aromatic rings. The van der Waals surface area contributed by atoms with Crippen LogP contribution in [0.2, 0.25) is 0 Å². The lowest BCUT2D eigenvalue weighted by Crippen LogP contribution is -2.56. The molecule has 0 amide bonds. The van der Waals surface area contributed by atoms with Gasteiger partial charge in [-0.25, -0.2) is 14.4 Å². The summed E-state index contributed by atoms with van der Waals surface area (Å²) in [6.07, 6.45) is -10.4. The summed E-state index contributed by atoms with van der Waals surface area (Å²) in [6.45, 7) is 16.7. The van der Waals surface area contributed by atoms with Gasteiger partial charge in [-0.3, -0.25) is 19.4 Å². The van der Waals surface area contributed by atoms with Gasteiger partial charge in [-0.2, -0.15) is 0 Å². The highest BCUT2D eigenvalue weighted by molar-refractivity contribution is 5.78. The molecule has 8 unspecified atom stereocenters. The van der Waals surface area contributed by atoms with E-state index in [-0.39, 0.29) is 5.92 Å². The van der Waals surface area contributed by atoms with Crippen molar-refractivity contribution in [1.82, 2.24) is 5.32 Å². The number of hydrogen-bond donors (Lipinski definition) is 3. The Balaban J connectivity index is 7.24. The van der Waals surface area contributed by atoms with Crippen LogP contribution < -0.4 is 5.32 Å². The minimum atomic E-state index is -1.87. The Hall–Kier alpha value is -3.63. The SMILES string of the molecule is C=NC(C(=O)OC(COC(=O)C(O)C(C)C)C(OC(C)=O)C(OC(C)=O)C(COC(=O)C(O)C(C)C)OC(=O)C(NC)C(C)C)C(C)C. The first-order valence-electron chi connectivity index (χ1n) is 15.8. The maximum absolute atomic E-state index is 13.3. The van der Waals surface area contributed by atoms with Crippen molar-refractivity contribution in [3.63, 3.8) is 0 Å². The van der Waals surface area contributed by atoms with Crippen LogP contribution in [-0.4, -0.2) is 122 Å². The maximum atomic E-state index is 13.3. The van der Waals surface area contributed by atoms with Gasteiger partial charge in [0.25, 0.3) is 0 Å². The monoisotopic (exact) mass is 690 g/mol. The number of carbonyl (C=O) groups excluding carboxylic acids is 6. The van der Waals surface area contributed by atoms with Gasteiger partial charge in [0, 0.05) is 13.8 Å². The number of ether oxygens (including phenoxy) is 6. The molecule has 276 valence electrons. The Labute approximate surface area is 282 Å². The summed E-state index contributed by atoms with van der Waals surface area (Å²) < 4.78 is 32.8. The fourth-order valence-electron chi connectivity index (χ4n) is 4.25. The van der Waals surface area contributed by atoms with Crippen LogP contribution in [0.3, 0.4) is 0 Å². The fraction of sp³-hybridized carbons (Fsp3) is 0.781. The maximum Gasteiger partial charge on any atom is 0.335 e. The van der Waals surface area contributed by atoms with Crippen LogP contribution in [0.25, 0.3) is 0 Å². The van der Waals surface area contributed by atoms with Crippen LogP contribution in [0, 0.1) is 23.7 Å². The topological polar surface area (TPSA) is 223 Å². The zero-order valence-corrected chi connectivity index (χ0v) is 29.8. The zero-order chi connectivity index (χ0) is 37.5. The van der Waals surface area contributed by atoms with Crippen LogP contribution in [-0.2, 0) is 57.2 Å². The number of aliphatic hydroxyl groups excluding tert-OH is 2. The number of carbonyl (C=O) groups is 6. The average molecular weight is 691 g/mol. The van der Waals surface area contributed by atoms with Gasteiger partial charge < -0.3 is 44.0 Å². The number of rotatable bonds is 21. The number of nitrogens with zero attached hydrogens (tertiary/aromatic N) is 1. The minimum Gasteiger partial charge on any atom is -0.460 e. The molecule has 0 aromatic heterocycles. The van der Waals surface area contributed by atoms with Crippen LogP contribution in [0.15, 0.2) is 4.99 Å². The largest absolute Gasteiger partial charge is 0.460 e. The molecule has 16 heteroatoms. The zero-order valence-electron chi connectivity index (χ0n) is 29.8. The summed E-state index contributed by atoms with van der Waals surface area (Å²) in [5, 5.41) is 23.2. The first-order valence-corrected chi connectivity index (χ1v) is 15.8. The number of aliphatic hydroxyl groups is 2. The van der Waals surface area contributed by atoms with Crippen molar-refractivity contribution in [2.75, 3.05) is 20.3 Å². The molecule has 0 aliphatic rings. The highest BCUT2D eigenvalue weighted by atomic mass is 16.6. The number of aliphatic imine (C=N–C) groups is 1. The molecule has 16 nitrogen and oxygen atoms in total. The third kappa shape index (κ3) is 14.6. The van der Waals surface area contributed by atoms with Crippen LogP contribution in [0.1, 0.15) is 69.2 Å². The Kier molecular flexibility index (Phi) is 19.7. The van der Waals surface area contributed by atoms with Crippen molar-refractivity contribution in [2.24, 2.45) is 28.7 Å². The van der Waals surface area contributed by atoms with Gasteiger partial charge in [-0.1, -0.05) is 55.4 Å². The highest BCUT2D eigenvalue weighted by Gasteiger charge is 2.46. The first-order chi connectivity index (χ1) is 22.2. The van der Waals surface area contributed by atoms with E-state index in [0.29, 0.717) is 0 Å². The summed E-state index contributed by atoms with van der Waals surface area (Å²) in [5.41, 5.74) is 0. The summed E-state index contributed by atoms with van der Waals surface area (Å²) in [7, 11) is 1.50. The van der Waals surface area contributed by atoms with Gasteiger partial charge in [0.05, 0.1) is 0 Å². The van der Waals surface area contributed by atoms with Crippen molar-refractivity contribution in [1.29, 1.82) is 0 Å². The molecule has 0 radical (unpaired) electrons. The van der Waals surface area contributed by atoms with E-state index in [1.807, 2.05) is 0 Å². The summed E-state index contributed by atoms with van der Waals surface area (Å²) in [4.78, 5) is 80.6. The molecule has 8 atom stereocenters. The Morgan fingerprint density at radius 1 is 0.604 bits per heavy atom. The molecule has 48 heavy (non-hydrogen) atoms. The lowest BCUT2D eigenvalue weighted by molar-refractivity contribution is -0.210. The molecular formula is C32H54N2O14. The lowest BCUT2D eigenvalue weighted by Gasteiger charge is -2.36.